The second-order valence-electron chi connectivity index (χ2n) is 3.39. The number of aliphatic carboxylic acids is 1. The summed E-state index contributed by atoms with van der Waals surface area (Å²) in [4.78, 5) is 10.3. The summed E-state index contributed by atoms with van der Waals surface area (Å²) in [5.74, 6) is -0.775. The molecule has 14 heavy (non-hydrogen) atoms. The van der Waals surface area contributed by atoms with Crippen LogP contribution in [0.15, 0.2) is 18.2 Å². The highest BCUT2D eigenvalue weighted by Crippen LogP contribution is 2.15. The molecule has 0 bridgehead atoms. The molecule has 0 fully saturated rings. The zero-order valence-corrected chi connectivity index (χ0v) is 8.50. The molecule has 0 atom stereocenters. The zero-order valence-electron chi connectivity index (χ0n) is 8.50. The summed E-state index contributed by atoms with van der Waals surface area (Å²) in [6.45, 7) is 4.49. The number of aryl methyl sites for hydroxylation is 2. The van der Waals surface area contributed by atoms with Gasteiger partial charge in [0.2, 0.25) is 0 Å². The van der Waals surface area contributed by atoms with Crippen LogP contribution in [0.2, 0.25) is 0 Å². The molecule has 0 heterocycles. The van der Waals surface area contributed by atoms with Gasteiger partial charge < -0.3 is 10.4 Å². The van der Waals surface area contributed by atoms with Crippen molar-refractivity contribution in [1.82, 2.24) is 0 Å². The van der Waals surface area contributed by atoms with Gasteiger partial charge in [0.1, 0.15) is 0 Å². The molecule has 0 saturated carbocycles. The molecule has 0 aliphatic heterocycles. The molecule has 0 aliphatic rings. The van der Waals surface area contributed by atoms with Crippen LogP contribution < -0.4 is 5.32 Å². The van der Waals surface area contributed by atoms with E-state index in [-0.39, 0.29) is 6.42 Å². The molecule has 0 saturated heterocycles. The zero-order chi connectivity index (χ0) is 10.6. The van der Waals surface area contributed by atoms with Gasteiger partial charge in [0.05, 0.1) is 6.42 Å². The van der Waals surface area contributed by atoms with Crippen molar-refractivity contribution in [3.63, 3.8) is 0 Å². The van der Waals surface area contributed by atoms with Crippen LogP contribution in [0, 0.1) is 13.8 Å². The number of anilines is 1. The number of carboxylic acid groups (broad SMARTS) is 1. The summed E-state index contributed by atoms with van der Waals surface area (Å²) in [5.41, 5.74) is 3.33. The van der Waals surface area contributed by atoms with Crippen molar-refractivity contribution in [3.05, 3.63) is 29.3 Å². The fourth-order valence-electron chi connectivity index (χ4n) is 1.23. The third-order valence-electron chi connectivity index (χ3n) is 2.05. The largest absolute Gasteiger partial charge is 0.481 e. The number of carboxylic acids is 1. The van der Waals surface area contributed by atoms with Crippen LogP contribution in [0.4, 0.5) is 5.69 Å². The van der Waals surface area contributed by atoms with Gasteiger partial charge in [-0.2, -0.15) is 0 Å². The molecule has 0 aromatic heterocycles. The quantitative estimate of drug-likeness (QED) is 0.770. The van der Waals surface area contributed by atoms with E-state index < -0.39 is 5.97 Å². The molecular formula is C11H15NO2. The molecule has 0 spiro atoms. The molecule has 1 aromatic carbocycles. The molecule has 0 radical (unpaired) electrons. The summed E-state index contributed by atoms with van der Waals surface area (Å²) in [5, 5.41) is 11.6. The lowest BCUT2D eigenvalue weighted by Crippen LogP contribution is -2.08. The van der Waals surface area contributed by atoms with E-state index in [0.717, 1.165) is 11.3 Å². The van der Waals surface area contributed by atoms with Gasteiger partial charge in [0, 0.05) is 12.2 Å². The van der Waals surface area contributed by atoms with Crippen LogP contribution in [-0.2, 0) is 4.79 Å². The van der Waals surface area contributed by atoms with Crippen LogP contribution in [-0.4, -0.2) is 17.6 Å². The van der Waals surface area contributed by atoms with E-state index in [1.807, 2.05) is 32.0 Å². The second-order valence-corrected chi connectivity index (χ2v) is 3.39. The van der Waals surface area contributed by atoms with Gasteiger partial charge in [-0.15, -0.1) is 0 Å². The number of carbonyl (C=O) groups is 1. The first-order valence-corrected chi connectivity index (χ1v) is 4.62. The maximum Gasteiger partial charge on any atom is 0.305 e. The highest BCUT2D eigenvalue weighted by Gasteiger charge is 1.99. The molecule has 2 N–H and O–H groups in total. The first-order valence-electron chi connectivity index (χ1n) is 4.62. The highest BCUT2D eigenvalue weighted by atomic mass is 16.4. The number of nitrogens with one attached hydrogen (secondary N) is 1. The molecular weight excluding hydrogens is 178 g/mol. The van der Waals surface area contributed by atoms with Gasteiger partial charge >= 0.3 is 5.97 Å². The highest BCUT2D eigenvalue weighted by molar-refractivity contribution is 5.67. The van der Waals surface area contributed by atoms with E-state index >= 15 is 0 Å². The average molecular weight is 193 g/mol. The normalized spacial score (nSPS) is 9.86. The lowest BCUT2D eigenvalue weighted by atomic mass is 10.1. The Hall–Kier alpha value is -1.51. The molecule has 0 unspecified atom stereocenters. The van der Waals surface area contributed by atoms with E-state index in [1.165, 1.54) is 5.56 Å². The first-order chi connectivity index (χ1) is 6.59. The van der Waals surface area contributed by atoms with Crippen molar-refractivity contribution in [2.24, 2.45) is 0 Å². The fraction of sp³-hybridized carbons (Fsp3) is 0.364. The Morgan fingerprint density at radius 2 is 2.14 bits per heavy atom. The maximum absolute atomic E-state index is 10.3. The standard InChI is InChI=1S/C11H15NO2/c1-8-3-4-9(2)10(7-8)12-6-5-11(13)14/h3-4,7,12H,5-6H2,1-2H3,(H,13,14). The van der Waals surface area contributed by atoms with Gasteiger partial charge in [0.15, 0.2) is 0 Å². The van der Waals surface area contributed by atoms with Crippen molar-refractivity contribution in [2.75, 3.05) is 11.9 Å². The Morgan fingerprint density at radius 1 is 1.43 bits per heavy atom. The topological polar surface area (TPSA) is 49.3 Å². The molecule has 0 amide bonds. The fourth-order valence-corrected chi connectivity index (χ4v) is 1.23. The van der Waals surface area contributed by atoms with E-state index in [1.54, 1.807) is 0 Å². The Balaban J connectivity index is 2.57. The predicted octanol–water partition coefficient (Wildman–Crippen LogP) is 2.19. The lowest BCUT2D eigenvalue weighted by Gasteiger charge is -2.08. The van der Waals surface area contributed by atoms with Crippen molar-refractivity contribution >= 4 is 11.7 Å². The van der Waals surface area contributed by atoms with Crippen molar-refractivity contribution in [3.8, 4) is 0 Å². The summed E-state index contributed by atoms with van der Waals surface area (Å²) < 4.78 is 0. The second kappa shape index (κ2) is 4.65. The minimum Gasteiger partial charge on any atom is -0.481 e. The summed E-state index contributed by atoms with van der Waals surface area (Å²) in [6, 6.07) is 6.09. The van der Waals surface area contributed by atoms with E-state index in [4.69, 9.17) is 5.11 Å². The minimum absolute atomic E-state index is 0.146. The Morgan fingerprint density at radius 3 is 2.79 bits per heavy atom. The molecule has 3 heteroatoms. The van der Waals surface area contributed by atoms with Crippen molar-refractivity contribution in [1.29, 1.82) is 0 Å². The summed E-state index contributed by atoms with van der Waals surface area (Å²) in [7, 11) is 0. The van der Waals surface area contributed by atoms with Crippen LogP contribution >= 0.6 is 0 Å². The van der Waals surface area contributed by atoms with Crippen molar-refractivity contribution < 1.29 is 9.90 Å². The predicted molar refractivity (Wildman–Crippen MR) is 56.7 cm³/mol. The van der Waals surface area contributed by atoms with E-state index in [2.05, 4.69) is 5.32 Å². The molecule has 76 valence electrons. The van der Waals surface area contributed by atoms with Crippen LogP contribution in [0.1, 0.15) is 17.5 Å². The molecule has 1 aromatic rings. The Bertz CT molecular complexity index is 334. The number of hydrogen-bond acceptors (Lipinski definition) is 2. The van der Waals surface area contributed by atoms with Gasteiger partial charge in [-0.3, -0.25) is 4.79 Å². The van der Waals surface area contributed by atoms with Gasteiger partial charge in [-0.25, -0.2) is 0 Å². The smallest absolute Gasteiger partial charge is 0.305 e. The first kappa shape index (κ1) is 10.6. The average Bonchev–Trinajstić information content (AvgIpc) is 2.10. The summed E-state index contributed by atoms with van der Waals surface area (Å²) in [6.07, 6.45) is 0.146. The SMILES string of the molecule is Cc1ccc(C)c(NCCC(=O)O)c1. The lowest BCUT2D eigenvalue weighted by molar-refractivity contribution is -0.136. The monoisotopic (exact) mass is 193 g/mol. The molecule has 0 aliphatic carbocycles. The van der Waals surface area contributed by atoms with Gasteiger partial charge in [-0.1, -0.05) is 12.1 Å². The number of hydrogen-bond donors (Lipinski definition) is 2. The molecule has 1 rings (SSSR count). The Kier molecular flexibility index (Phi) is 3.51. The van der Waals surface area contributed by atoms with Crippen LogP contribution in [0.25, 0.3) is 0 Å². The van der Waals surface area contributed by atoms with Crippen LogP contribution in [0.5, 0.6) is 0 Å². The number of benzene rings is 1. The minimum atomic E-state index is -0.775. The van der Waals surface area contributed by atoms with E-state index in [9.17, 15) is 4.79 Å². The van der Waals surface area contributed by atoms with Gasteiger partial charge in [0.25, 0.3) is 0 Å². The number of rotatable bonds is 4. The van der Waals surface area contributed by atoms with E-state index in [0.29, 0.717) is 6.54 Å². The Labute approximate surface area is 83.8 Å². The van der Waals surface area contributed by atoms with Crippen molar-refractivity contribution in [2.45, 2.75) is 20.3 Å². The maximum atomic E-state index is 10.3. The van der Waals surface area contributed by atoms with Gasteiger partial charge in [-0.05, 0) is 31.0 Å². The summed E-state index contributed by atoms with van der Waals surface area (Å²) >= 11 is 0. The van der Waals surface area contributed by atoms with Crippen LogP contribution in [0.3, 0.4) is 0 Å². The molecule has 3 nitrogen and oxygen atoms in total. The third-order valence-corrected chi connectivity index (χ3v) is 2.05. The third kappa shape index (κ3) is 3.09.